The van der Waals surface area contributed by atoms with Crippen LogP contribution >= 0.6 is 0 Å². The second kappa shape index (κ2) is 3.22. The molecule has 2 nitrogen and oxygen atoms in total. The first-order valence-corrected chi connectivity index (χ1v) is 3.00. The molecule has 0 amide bonds. The molecule has 0 radical (unpaired) electrons. The lowest BCUT2D eigenvalue weighted by atomic mass is 10.2. The molecule has 0 fully saturated rings. The van der Waals surface area contributed by atoms with Gasteiger partial charge in [-0.2, -0.15) is 0 Å². The minimum Gasteiger partial charge on any atom is -0.508 e. The van der Waals surface area contributed by atoms with E-state index in [1.165, 1.54) is 12.1 Å². The summed E-state index contributed by atoms with van der Waals surface area (Å²) < 4.78 is 20.7. The fourth-order valence-electron chi connectivity index (χ4n) is 0.716. The molecule has 0 aliphatic heterocycles. The van der Waals surface area contributed by atoms with Crippen LogP contribution in [0.15, 0.2) is 24.3 Å². The summed E-state index contributed by atoms with van der Waals surface area (Å²) in [7, 11) is 0. The molecule has 0 saturated carbocycles. The molecule has 0 aliphatic carbocycles. The van der Waals surface area contributed by atoms with Crippen LogP contribution in [0.4, 0.5) is 0 Å². The fourth-order valence-corrected chi connectivity index (χ4v) is 0.716. The van der Waals surface area contributed by atoms with Gasteiger partial charge in [-0.3, -0.25) is 0 Å². The van der Waals surface area contributed by atoms with Gasteiger partial charge >= 0.3 is 0 Å². The van der Waals surface area contributed by atoms with Crippen LogP contribution in [0.5, 0.6) is 5.75 Å². The van der Waals surface area contributed by atoms with Crippen LogP contribution in [0.1, 0.15) is 9.68 Å². The Kier molecular flexibility index (Phi) is 1.28. The third-order valence-electron chi connectivity index (χ3n) is 1.23. The van der Waals surface area contributed by atoms with Crippen LogP contribution in [-0.4, -0.2) is 12.1 Å². The number of hydrogen-bond acceptors (Lipinski definition) is 2. The summed E-state index contributed by atoms with van der Waals surface area (Å²) in [6.07, 6.45) is 0. The highest BCUT2D eigenvalue weighted by Gasteiger charge is 1.88. The molecule has 54 valence electrons. The summed E-state index contributed by atoms with van der Waals surface area (Å²) in [5.41, 5.74) is 0.828. The van der Waals surface area contributed by atoms with Gasteiger partial charge in [-0.05, 0) is 24.7 Å². The van der Waals surface area contributed by atoms with E-state index in [-0.39, 0.29) is 12.3 Å². The van der Waals surface area contributed by atoms with Crippen molar-refractivity contribution < 1.29 is 9.22 Å². The molecule has 0 spiro atoms. The van der Waals surface area contributed by atoms with Crippen molar-refractivity contribution in [1.29, 1.82) is 0 Å². The monoisotopic (exact) mass is 140 g/mol. The van der Waals surface area contributed by atoms with Crippen molar-refractivity contribution in [3.8, 4) is 5.75 Å². The highest BCUT2D eigenvalue weighted by molar-refractivity contribution is 5.25. The van der Waals surface area contributed by atoms with E-state index in [0.717, 1.165) is 5.56 Å². The van der Waals surface area contributed by atoms with E-state index in [4.69, 9.17) is 9.22 Å². The van der Waals surface area contributed by atoms with E-state index in [1.54, 1.807) is 12.1 Å². The Hall–Kier alpha value is -1.02. The molecular formula is C8H11NO. The van der Waals surface area contributed by atoms with Crippen LogP contribution in [0.25, 0.3) is 0 Å². The van der Waals surface area contributed by atoms with Gasteiger partial charge in [-0.1, -0.05) is 12.1 Å². The zero-order valence-electron chi connectivity index (χ0n) is 8.46. The molecule has 0 aromatic heterocycles. The summed E-state index contributed by atoms with van der Waals surface area (Å²) >= 11 is 0. The zero-order valence-corrected chi connectivity index (χ0v) is 5.46. The minimum absolute atomic E-state index is 0.178. The van der Waals surface area contributed by atoms with Gasteiger partial charge in [0.25, 0.3) is 0 Å². The Labute approximate surface area is 64.7 Å². The summed E-state index contributed by atoms with van der Waals surface area (Å²) in [5, 5.41) is 11.3. The second-order valence-electron chi connectivity index (χ2n) is 2.02. The van der Waals surface area contributed by atoms with E-state index in [1.807, 2.05) is 0 Å². The van der Waals surface area contributed by atoms with Gasteiger partial charge < -0.3 is 10.4 Å². The highest BCUT2D eigenvalue weighted by atomic mass is 16.3. The maximum atomic E-state index is 8.95. The summed E-state index contributed by atoms with van der Waals surface area (Å²) in [5.74, 6) is 0.178. The van der Waals surface area contributed by atoms with Gasteiger partial charge in [0.2, 0.25) is 0 Å². The molecule has 1 aromatic carbocycles. The van der Waals surface area contributed by atoms with E-state index in [9.17, 15) is 0 Å². The number of benzene rings is 1. The molecule has 1 aromatic rings. The van der Waals surface area contributed by atoms with Gasteiger partial charge in [0.05, 0.1) is 0 Å². The maximum absolute atomic E-state index is 8.95. The van der Waals surface area contributed by atoms with Crippen molar-refractivity contribution in [2.75, 3.05) is 6.98 Å². The maximum Gasteiger partial charge on any atom is 0.115 e. The first-order chi connectivity index (χ1) is 5.97. The lowest BCUT2D eigenvalue weighted by Crippen LogP contribution is -2.04. The van der Waals surface area contributed by atoms with Crippen LogP contribution in [0, 0.1) is 0 Å². The van der Waals surface area contributed by atoms with E-state index < -0.39 is 6.98 Å². The molecule has 0 heterocycles. The Balaban J connectivity index is 2.51. The van der Waals surface area contributed by atoms with E-state index in [0.29, 0.717) is 0 Å². The minimum atomic E-state index is -2.11. The highest BCUT2D eigenvalue weighted by Crippen LogP contribution is 2.08. The average molecular weight is 140 g/mol. The van der Waals surface area contributed by atoms with E-state index >= 15 is 0 Å². The van der Waals surface area contributed by atoms with Crippen LogP contribution in [-0.2, 0) is 6.54 Å². The van der Waals surface area contributed by atoms with Gasteiger partial charge in [0.15, 0.2) is 0 Å². The number of phenolic OH excluding ortho intramolecular Hbond substituents is 1. The predicted molar refractivity (Wildman–Crippen MR) is 40.9 cm³/mol. The molecule has 0 aliphatic rings. The number of phenols is 1. The molecule has 0 atom stereocenters. The smallest absolute Gasteiger partial charge is 0.115 e. The number of aromatic hydroxyl groups is 1. The van der Waals surface area contributed by atoms with Crippen molar-refractivity contribution in [3.05, 3.63) is 29.8 Å². The van der Waals surface area contributed by atoms with Gasteiger partial charge in [0, 0.05) is 10.7 Å². The van der Waals surface area contributed by atoms with Crippen molar-refractivity contribution in [1.82, 2.24) is 5.32 Å². The standard InChI is InChI=1S/C8H11NO/c1-9-6-7-2-4-8(10)5-3-7/h2-5,9-10H,6H2,1H3/i1D3. The largest absolute Gasteiger partial charge is 0.508 e. The third kappa shape index (κ3) is 1.74. The first-order valence-electron chi connectivity index (χ1n) is 4.50. The topological polar surface area (TPSA) is 32.3 Å². The number of rotatable bonds is 2. The SMILES string of the molecule is [2H]C([2H])([2H])NCc1ccc(O)cc1. The Bertz CT molecular complexity index is 268. The molecule has 2 heteroatoms. The second-order valence-corrected chi connectivity index (χ2v) is 2.02. The van der Waals surface area contributed by atoms with E-state index in [2.05, 4.69) is 5.32 Å². The van der Waals surface area contributed by atoms with Crippen LogP contribution < -0.4 is 5.32 Å². The molecule has 0 bridgehead atoms. The van der Waals surface area contributed by atoms with Crippen molar-refractivity contribution in [3.63, 3.8) is 0 Å². The Morgan fingerprint density at radius 3 is 2.80 bits per heavy atom. The fraction of sp³-hybridized carbons (Fsp3) is 0.250. The van der Waals surface area contributed by atoms with Crippen LogP contribution in [0.3, 0.4) is 0 Å². The predicted octanol–water partition coefficient (Wildman–Crippen LogP) is 1.11. The van der Waals surface area contributed by atoms with Crippen molar-refractivity contribution >= 4 is 0 Å². The molecule has 1 rings (SSSR count). The lowest BCUT2D eigenvalue weighted by Gasteiger charge is -1.98. The summed E-state index contributed by atoms with van der Waals surface area (Å²) in [4.78, 5) is 0. The van der Waals surface area contributed by atoms with Gasteiger partial charge in [-0.15, -0.1) is 0 Å². The summed E-state index contributed by atoms with van der Waals surface area (Å²) in [6, 6.07) is 6.40. The molecule has 10 heavy (non-hydrogen) atoms. The average Bonchev–Trinajstić information content (AvgIpc) is 2.02. The molecule has 0 unspecified atom stereocenters. The number of hydrogen-bond donors (Lipinski definition) is 2. The lowest BCUT2D eigenvalue weighted by molar-refractivity contribution is 0.475. The normalized spacial score (nSPS) is 15.4. The Morgan fingerprint density at radius 2 is 2.20 bits per heavy atom. The Morgan fingerprint density at radius 1 is 1.50 bits per heavy atom. The molecular weight excluding hydrogens is 126 g/mol. The molecule has 0 saturated heterocycles. The molecule has 2 N–H and O–H groups in total. The zero-order chi connectivity index (χ0) is 9.90. The summed E-state index contributed by atoms with van der Waals surface area (Å²) in [6.45, 7) is -1.84. The third-order valence-corrected chi connectivity index (χ3v) is 1.23. The van der Waals surface area contributed by atoms with Gasteiger partial charge in [0.1, 0.15) is 5.75 Å². The van der Waals surface area contributed by atoms with Crippen LogP contribution in [0.2, 0.25) is 0 Å². The number of nitrogens with one attached hydrogen (secondary N) is 1. The van der Waals surface area contributed by atoms with Crippen molar-refractivity contribution in [2.45, 2.75) is 6.54 Å². The quantitative estimate of drug-likeness (QED) is 0.645. The van der Waals surface area contributed by atoms with Gasteiger partial charge in [-0.25, -0.2) is 0 Å². The van der Waals surface area contributed by atoms with Crippen molar-refractivity contribution in [2.24, 2.45) is 0 Å². The first kappa shape index (κ1) is 3.98.